The topological polar surface area (TPSA) is 27.7 Å². The van der Waals surface area contributed by atoms with Gasteiger partial charge in [-0.3, -0.25) is 0 Å². The molecule has 4 heteroatoms. The van der Waals surface area contributed by atoms with E-state index in [1.165, 1.54) is 12.1 Å². The molecule has 0 aliphatic carbocycles. The summed E-state index contributed by atoms with van der Waals surface area (Å²) in [5.41, 5.74) is 0.813. The van der Waals surface area contributed by atoms with Gasteiger partial charge in [0.05, 0.1) is 0 Å². The lowest BCUT2D eigenvalue weighted by molar-refractivity contribution is -0.241. The summed E-state index contributed by atoms with van der Waals surface area (Å²) >= 11 is 0. The Hall–Kier alpha value is -1.23. The highest BCUT2D eigenvalue weighted by Crippen LogP contribution is 2.28. The normalized spacial score (nSPS) is 27.6. The van der Waals surface area contributed by atoms with Gasteiger partial charge in [0, 0.05) is 20.6 Å². The van der Waals surface area contributed by atoms with E-state index in [-0.39, 0.29) is 5.82 Å². The van der Waals surface area contributed by atoms with E-state index in [0.717, 1.165) is 5.56 Å². The molecule has 0 aromatic heterocycles. The first-order valence-electron chi connectivity index (χ1n) is 5.37. The van der Waals surface area contributed by atoms with Gasteiger partial charge in [-0.1, -0.05) is 12.1 Å². The van der Waals surface area contributed by atoms with Crippen LogP contribution in [-0.2, 0) is 20.6 Å². The van der Waals surface area contributed by atoms with Gasteiger partial charge in [0.15, 0.2) is 12.1 Å². The summed E-state index contributed by atoms with van der Waals surface area (Å²) in [6.07, 6.45) is 3.61. The second-order valence-corrected chi connectivity index (χ2v) is 3.90. The van der Waals surface area contributed by atoms with E-state index in [2.05, 4.69) is 0 Å². The summed E-state index contributed by atoms with van der Waals surface area (Å²) in [5.74, 6) is -1.13. The van der Waals surface area contributed by atoms with Crippen LogP contribution in [-0.4, -0.2) is 26.3 Å². The lowest BCUT2D eigenvalue weighted by Gasteiger charge is -2.27. The molecule has 0 spiro atoms. The van der Waals surface area contributed by atoms with Crippen molar-refractivity contribution in [1.29, 1.82) is 0 Å². The van der Waals surface area contributed by atoms with Crippen molar-refractivity contribution < 1.29 is 18.6 Å². The maximum atomic E-state index is 13.1. The van der Waals surface area contributed by atoms with Crippen LogP contribution in [0.1, 0.15) is 5.56 Å². The van der Waals surface area contributed by atoms with Gasteiger partial charge in [-0.25, -0.2) is 4.39 Å². The van der Waals surface area contributed by atoms with E-state index in [9.17, 15) is 4.39 Å². The Kier molecular flexibility index (Phi) is 3.57. The molecule has 0 saturated carbocycles. The van der Waals surface area contributed by atoms with Crippen molar-refractivity contribution in [3.05, 3.63) is 47.8 Å². The quantitative estimate of drug-likeness (QED) is 0.753. The number of hydrogen-bond donors (Lipinski definition) is 0. The third kappa shape index (κ3) is 2.72. The lowest BCUT2D eigenvalue weighted by atomic mass is 10.1. The van der Waals surface area contributed by atoms with Crippen LogP contribution in [0, 0.1) is 5.82 Å². The molecule has 1 aliphatic rings. The minimum absolute atomic E-state index is 0.265. The van der Waals surface area contributed by atoms with Gasteiger partial charge in [0.1, 0.15) is 5.82 Å². The van der Waals surface area contributed by atoms with Crippen LogP contribution in [0.3, 0.4) is 0 Å². The molecule has 92 valence electrons. The predicted molar refractivity (Wildman–Crippen MR) is 60.9 cm³/mol. The van der Waals surface area contributed by atoms with E-state index in [1.54, 1.807) is 32.4 Å². The van der Waals surface area contributed by atoms with Crippen LogP contribution in [0.4, 0.5) is 4.39 Å². The maximum absolute atomic E-state index is 13.1. The molecule has 2 unspecified atom stereocenters. The Labute approximate surface area is 99.8 Å². The SMILES string of the molecule is COC1C=CC(Cc2cccc(F)c2)(OC)O1. The summed E-state index contributed by atoms with van der Waals surface area (Å²) in [4.78, 5) is 0. The average molecular weight is 238 g/mol. The van der Waals surface area contributed by atoms with Crippen molar-refractivity contribution in [3.8, 4) is 0 Å². The number of benzene rings is 1. The molecule has 3 nitrogen and oxygen atoms in total. The zero-order valence-corrected chi connectivity index (χ0v) is 9.85. The smallest absolute Gasteiger partial charge is 0.194 e. The van der Waals surface area contributed by atoms with E-state index >= 15 is 0 Å². The number of hydrogen-bond acceptors (Lipinski definition) is 3. The Morgan fingerprint density at radius 2 is 2.24 bits per heavy atom. The second-order valence-electron chi connectivity index (χ2n) is 3.90. The monoisotopic (exact) mass is 238 g/mol. The van der Waals surface area contributed by atoms with Crippen LogP contribution in [0.2, 0.25) is 0 Å². The minimum Gasteiger partial charge on any atom is -0.352 e. The zero-order chi connectivity index (χ0) is 12.3. The molecule has 1 aliphatic heterocycles. The van der Waals surface area contributed by atoms with Gasteiger partial charge in [-0.2, -0.15) is 0 Å². The Morgan fingerprint density at radius 1 is 1.41 bits per heavy atom. The summed E-state index contributed by atoms with van der Waals surface area (Å²) < 4.78 is 29.1. The first-order chi connectivity index (χ1) is 8.17. The van der Waals surface area contributed by atoms with Gasteiger partial charge in [0.25, 0.3) is 0 Å². The van der Waals surface area contributed by atoms with E-state index < -0.39 is 12.1 Å². The molecule has 0 fully saturated rings. The first kappa shape index (κ1) is 12.2. The van der Waals surface area contributed by atoms with Crippen molar-refractivity contribution in [2.75, 3.05) is 14.2 Å². The van der Waals surface area contributed by atoms with Gasteiger partial charge >= 0.3 is 0 Å². The van der Waals surface area contributed by atoms with E-state index in [1.807, 2.05) is 6.07 Å². The number of methoxy groups -OCH3 is 2. The molecule has 0 bridgehead atoms. The molecule has 1 aromatic carbocycles. The van der Waals surface area contributed by atoms with Crippen molar-refractivity contribution in [1.82, 2.24) is 0 Å². The van der Waals surface area contributed by atoms with Gasteiger partial charge < -0.3 is 14.2 Å². The Bertz CT molecular complexity index is 419. The number of rotatable bonds is 4. The van der Waals surface area contributed by atoms with Crippen molar-refractivity contribution in [2.45, 2.75) is 18.5 Å². The Morgan fingerprint density at radius 3 is 2.82 bits per heavy atom. The molecular weight excluding hydrogens is 223 g/mol. The molecule has 0 amide bonds. The van der Waals surface area contributed by atoms with E-state index in [4.69, 9.17) is 14.2 Å². The van der Waals surface area contributed by atoms with Gasteiger partial charge in [-0.05, 0) is 29.8 Å². The number of ether oxygens (including phenoxy) is 3. The molecular formula is C13H15FO3. The molecule has 1 heterocycles. The summed E-state index contributed by atoms with van der Waals surface area (Å²) in [6.45, 7) is 0. The van der Waals surface area contributed by atoms with Crippen LogP contribution in [0.5, 0.6) is 0 Å². The number of halogens is 1. The predicted octanol–water partition coefficient (Wildman–Crippen LogP) is 2.27. The fraction of sp³-hybridized carbons (Fsp3) is 0.385. The van der Waals surface area contributed by atoms with Crippen molar-refractivity contribution in [2.24, 2.45) is 0 Å². The molecule has 17 heavy (non-hydrogen) atoms. The zero-order valence-electron chi connectivity index (χ0n) is 9.85. The lowest BCUT2D eigenvalue weighted by Crippen LogP contribution is -2.34. The highest BCUT2D eigenvalue weighted by molar-refractivity contribution is 5.21. The fourth-order valence-corrected chi connectivity index (χ4v) is 1.85. The molecule has 2 atom stereocenters. The largest absolute Gasteiger partial charge is 0.352 e. The highest BCUT2D eigenvalue weighted by atomic mass is 19.1. The summed E-state index contributed by atoms with van der Waals surface area (Å²) in [6, 6.07) is 6.38. The van der Waals surface area contributed by atoms with Crippen LogP contribution < -0.4 is 0 Å². The molecule has 1 aromatic rings. The van der Waals surface area contributed by atoms with Crippen LogP contribution in [0.25, 0.3) is 0 Å². The molecule has 0 saturated heterocycles. The summed E-state index contributed by atoms with van der Waals surface area (Å²) in [5, 5.41) is 0. The third-order valence-electron chi connectivity index (χ3n) is 2.74. The van der Waals surface area contributed by atoms with E-state index in [0.29, 0.717) is 6.42 Å². The first-order valence-corrected chi connectivity index (χ1v) is 5.37. The van der Waals surface area contributed by atoms with Crippen molar-refractivity contribution in [3.63, 3.8) is 0 Å². The maximum Gasteiger partial charge on any atom is 0.194 e. The third-order valence-corrected chi connectivity index (χ3v) is 2.74. The van der Waals surface area contributed by atoms with Crippen molar-refractivity contribution >= 4 is 0 Å². The standard InChI is InChI=1S/C13H15FO3/c1-15-12-6-7-13(16-2,17-12)9-10-4-3-5-11(14)8-10/h3-8,12H,9H2,1-2H3. The fourth-order valence-electron chi connectivity index (χ4n) is 1.85. The van der Waals surface area contributed by atoms with Gasteiger partial charge in [-0.15, -0.1) is 0 Å². The van der Waals surface area contributed by atoms with Crippen LogP contribution in [0.15, 0.2) is 36.4 Å². The Balaban J connectivity index is 2.14. The molecule has 0 radical (unpaired) electrons. The minimum atomic E-state index is -0.867. The second kappa shape index (κ2) is 4.96. The van der Waals surface area contributed by atoms with Gasteiger partial charge in [0.2, 0.25) is 0 Å². The summed E-state index contributed by atoms with van der Waals surface area (Å²) in [7, 11) is 3.12. The average Bonchev–Trinajstić information content (AvgIpc) is 2.73. The molecule has 0 N–H and O–H groups in total. The molecule has 2 rings (SSSR count). The highest BCUT2D eigenvalue weighted by Gasteiger charge is 2.36. The van der Waals surface area contributed by atoms with Crippen LogP contribution >= 0.6 is 0 Å².